The van der Waals surface area contributed by atoms with Crippen molar-refractivity contribution in [2.45, 2.75) is 25.3 Å². The van der Waals surface area contributed by atoms with E-state index < -0.39 is 5.00 Å². The molecule has 3 heteroatoms. The summed E-state index contributed by atoms with van der Waals surface area (Å²) in [6.07, 6.45) is 0.750. The van der Waals surface area contributed by atoms with Crippen LogP contribution in [0.1, 0.15) is 25.8 Å². The molecule has 0 saturated heterocycles. The van der Waals surface area contributed by atoms with Crippen LogP contribution >= 0.6 is 11.6 Å². The lowest BCUT2D eigenvalue weighted by molar-refractivity contribution is 0.640. The van der Waals surface area contributed by atoms with Crippen molar-refractivity contribution in [1.29, 1.82) is 0 Å². The topological polar surface area (TPSA) is 24.7 Å². The second-order valence-corrected chi connectivity index (χ2v) is 4.27. The minimum absolute atomic E-state index is 0.593. The van der Waals surface area contributed by atoms with Crippen LogP contribution < -0.4 is 0 Å². The Bertz CT molecular complexity index is 355. The number of alkyl halides is 1. The summed E-state index contributed by atoms with van der Waals surface area (Å²) in [6, 6.07) is 9.71. The molecule has 0 N–H and O–H groups in total. The third-order valence-corrected chi connectivity index (χ3v) is 2.52. The van der Waals surface area contributed by atoms with E-state index in [1.165, 1.54) is 0 Å². The van der Waals surface area contributed by atoms with Gasteiger partial charge in [-0.15, -0.1) is 0 Å². The van der Waals surface area contributed by atoms with Gasteiger partial charge in [0.2, 0.25) is 0 Å². The zero-order valence-corrected chi connectivity index (χ0v) is 9.83. The Morgan fingerprint density at radius 3 is 2.47 bits per heavy atom. The smallest absolute Gasteiger partial charge is 0.155 e. The molecule has 0 bridgehead atoms. The lowest BCUT2D eigenvalue weighted by Crippen LogP contribution is -2.14. The van der Waals surface area contributed by atoms with Gasteiger partial charge in [-0.05, 0) is 20.1 Å². The van der Waals surface area contributed by atoms with Crippen LogP contribution in [0.2, 0.25) is 0 Å². The summed E-state index contributed by atoms with van der Waals surface area (Å²) in [7, 11) is 0. The van der Waals surface area contributed by atoms with Gasteiger partial charge in [0.25, 0.3) is 0 Å². The fraction of sp³-hybridized carbons (Fsp3) is 0.333. The molecule has 2 nitrogen and oxygen atoms in total. The third kappa shape index (κ3) is 3.48. The van der Waals surface area contributed by atoms with Crippen LogP contribution in [-0.4, -0.2) is 17.6 Å². The molecule has 0 aromatic heterocycles. The predicted molar refractivity (Wildman–Crippen MR) is 67.1 cm³/mol. The van der Waals surface area contributed by atoms with Gasteiger partial charge in [0.1, 0.15) is 5.00 Å². The van der Waals surface area contributed by atoms with Crippen LogP contribution in [0, 0.1) is 0 Å². The van der Waals surface area contributed by atoms with Crippen LogP contribution in [-0.2, 0) is 0 Å². The normalized spacial score (nSPS) is 15.8. The molecule has 0 amide bonds. The highest BCUT2D eigenvalue weighted by Gasteiger charge is 2.17. The van der Waals surface area contributed by atoms with Gasteiger partial charge in [0, 0.05) is 5.56 Å². The van der Waals surface area contributed by atoms with Crippen molar-refractivity contribution in [1.82, 2.24) is 0 Å². The minimum Gasteiger partial charge on any atom is -0.245 e. The number of aliphatic imine (C=N–C) groups is 2. The van der Waals surface area contributed by atoms with Crippen LogP contribution in [0.15, 0.2) is 40.3 Å². The molecule has 0 radical (unpaired) electrons. The summed E-state index contributed by atoms with van der Waals surface area (Å²) in [5.74, 6) is 0.593. The molecule has 1 aromatic carbocycles. The van der Waals surface area contributed by atoms with E-state index in [2.05, 4.69) is 16.7 Å². The Labute approximate surface area is 95.7 Å². The second kappa shape index (κ2) is 5.08. The number of benzene rings is 1. The van der Waals surface area contributed by atoms with E-state index in [1.807, 2.05) is 44.2 Å². The molecule has 0 fully saturated rings. The first-order valence-electron chi connectivity index (χ1n) is 4.90. The first-order chi connectivity index (χ1) is 7.09. The average molecular weight is 223 g/mol. The van der Waals surface area contributed by atoms with Crippen LogP contribution in [0.3, 0.4) is 0 Å². The van der Waals surface area contributed by atoms with Gasteiger partial charge in [-0.25, -0.2) is 9.98 Å². The van der Waals surface area contributed by atoms with Gasteiger partial charge in [-0.1, -0.05) is 48.9 Å². The Morgan fingerprint density at radius 1 is 1.40 bits per heavy atom. The zero-order chi connectivity index (χ0) is 11.3. The van der Waals surface area contributed by atoms with Gasteiger partial charge in [0.05, 0.1) is 0 Å². The van der Waals surface area contributed by atoms with Crippen molar-refractivity contribution < 1.29 is 0 Å². The monoisotopic (exact) mass is 222 g/mol. The molecule has 0 aliphatic rings. The molecular formula is C12H15ClN2. The quantitative estimate of drug-likeness (QED) is 0.324. The van der Waals surface area contributed by atoms with Crippen molar-refractivity contribution in [3.05, 3.63) is 35.9 Å². The standard InChI is InChI=1S/C12H15ClN2/c1-4-12(2,13)15-11(14-3)10-8-6-5-7-9-10/h5-9H,3-4H2,1-2H3/b15-11-. The highest BCUT2D eigenvalue weighted by Crippen LogP contribution is 2.21. The molecule has 1 atom stereocenters. The van der Waals surface area contributed by atoms with Crippen molar-refractivity contribution in [3.8, 4) is 0 Å². The molecule has 15 heavy (non-hydrogen) atoms. The molecule has 1 rings (SSSR count). The molecule has 0 aliphatic heterocycles. The Hall–Kier alpha value is -1.15. The largest absolute Gasteiger partial charge is 0.245 e. The van der Waals surface area contributed by atoms with Gasteiger partial charge >= 0.3 is 0 Å². The summed E-state index contributed by atoms with van der Waals surface area (Å²) >= 11 is 6.17. The van der Waals surface area contributed by atoms with Crippen LogP contribution in [0.4, 0.5) is 0 Å². The fourth-order valence-corrected chi connectivity index (χ4v) is 1.16. The fourth-order valence-electron chi connectivity index (χ4n) is 1.08. The van der Waals surface area contributed by atoms with E-state index in [1.54, 1.807) is 0 Å². The first kappa shape index (κ1) is 11.9. The van der Waals surface area contributed by atoms with E-state index in [0.717, 1.165) is 12.0 Å². The number of nitrogens with zero attached hydrogens (tertiary/aromatic N) is 2. The Morgan fingerprint density at radius 2 is 2.00 bits per heavy atom. The summed E-state index contributed by atoms with van der Waals surface area (Å²) < 4.78 is 0. The molecule has 1 aromatic rings. The molecule has 1 unspecified atom stereocenters. The van der Waals surface area contributed by atoms with Crippen molar-refractivity contribution in [3.63, 3.8) is 0 Å². The first-order valence-corrected chi connectivity index (χ1v) is 5.28. The highest BCUT2D eigenvalue weighted by atomic mass is 35.5. The maximum absolute atomic E-state index is 6.17. The summed E-state index contributed by atoms with van der Waals surface area (Å²) in [5.41, 5.74) is 0.938. The van der Waals surface area contributed by atoms with Crippen LogP contribution in [0.25, 0.3) is 0 Å². The Balaban J connectivity index is 3.05. The summed E-state index contributed by atoms with van der Waals surface area (Å²) in [5, 5.41) is 0. The molecular weight excluding hydrogens is 208 g/mol. The Kier molecular flexibility index (Phi) is 4.04. The number of hydrogen-bond acceptors (Lipinski definition) is 1. The molecule has 0 saturated carbocycles. The maximum atomic E-state index is 6.17. The lowest BCUT2D eigenvalue weighted by Gasteiger charge is -2.15. The number of hydrogen-bond donors (Lipinski definition) is 0. The number of halogens is 1. The lowest BCUT2D eigenvalue weighted by atomic mass is 10.2. The maximum Gasteiger partial charge on any atom is 0.155 e. The average Bonchev–Trinajstić information content (AvgIpc) is 2.27. The van der Waals surface area contributed by atoms with E-state index in [-0.39, 0.29) is 0 Å². The van der Waals surface area contributed by atoms with Gasteiger partial charge in [-0.2, -0.15) is 0 Å². The van der Waals surface area contributed by atoms with Gasteiger partial charge < -0.3 is 0 Å². The van der Waals surface area contributed by atoms with E-state index in [0.29, 0.717) is 5.84 Å². The van der Waals surface area contributed by atoms with E-state index in [4.69, 9.17) is 11.6 Å². The number of amidine groups is 1. The van der Waals surface area contributed by atoms with Gasteiger partial charge in [0.15, 0.2) is 5.84 Å². The SMILES string of the molecule is C=N/C(=N\C(C)(Cl)CC)c1ccccc1. The van der Waals surface area contributed by atoms with E-state index in [9.17, 15) is 0 Å². The zero-order valence-electron chi connectivity index (χ0n) is 9.07. The highest BCUT2D eigenvalue weighted by molar-refractivity contribution is 6.24. The van der Waals surface area contributed by atoms with Crippen molar-refractivity contribution in [2.75, 3.05) is 0 Å². The van der Waals surface area contributed by atoms with Crippen LogP contribution in [0.5, 0.6) is 0 Å². The molecule has 0 aliphatic carbocycles. The summed E-state index contributed by atoms with van der Waals surface area (Å²) in [6.45, 7) is 7.37. The molecule has 0 heterocycles. The van der Waals surface area contributed by atoms with E-state index >= 15 is 0 Å². The third-order valence-electron chi connectivity index (χ3n) is 2.17. The summed E-state index contributed by atoms with van der Waals surface area (Å²) in [4.78, 5) is 7.67. The minimum atomic E-state index is -0.605. The van der Waals surface area contributed by atoms with Crippen molar-refractivity contribution in [2.24, 2.45) is 9.98 Å². The predicted octanol–water partition coefficient (Wildman–Crippen LogP) is 3.50. The number of rotatable bonds is 3. The second-order valence-electron chi connectivity index (χ2n) is 3.46. The van der Waals surface area contributed by atoms with Crippen molar-refractivity contribution >= 4 is 24.2 Å². The molecule has 80 valence electrons. The van der Waals surface area contributed by atoms with Gasteiger partial charge in [-0.3, -0.25) is 0 Å². The molecule has 0 spiro atoms.